The van der Waals surface area contributed by atoms with Crippen molar-refractivity contribution in [1.82, 2.24) is 9.62 Å². The quantitative estimate of drug-likeness (QED) is 0.743. The number of halogens is 1. The van der Waals surface area contributed by atoms with Crippen LogP contribution in [-0.2, 0) is 14.8 Å². The van der Waals surface area contributed by atoms with E-state index in [1.165, 1.54) is 17.0 Å². The van der Waals surface area contributed by atoms with Crippen molar-refractivity contribution in [3.8, 4) is 0 Å². The number of carbonyl (C=O) groups excluding carboxylic acids is 1. The van der Waals surface area contributed by atoms with Crippen LogP contribution in [0.1, 0.15) is 30.2 Å². The zero-order chi connectivity index (χ0) is 17.9. The highest BCUT2D eigenvalue weighted by atomic mass is 79.9. The first-order valence-electron chi connectivity index (χ1n) is 8.05. The molecule has 8 heteroatoms. The monoisotopic (exact) mass is 442 g/mol. The standard InChI is InChI=1S/C17H19BrN2O3S2/c18-13-5-7-14(8-6-13)25(22,23)19-10-9-17(21)20-11-1-3-15(20)16-4-2-12-24-16/h2,4-8,12,15,19H,1,3,9-11H2. The molecule has 1 aliphatic rings. The molecule has 0 radical (unpaired) electrons. The summed E-state index contributed by atoms with van der Waals surface area (Å²) >= 11 is 4.94. The lowest BCUT2D eigenvalue weighted by molar-refractivity contribution is -0.131. The van der Waals surface area contributed by atoms with Crippen LogP contribution in [0.5, 0.6) is 0 Å². The Morgan fingerprint density at radius 2 is 2.04 bits per heavy atom. The molecule has 2 aromatic rings. The predicted molar refractivity (Wildman–Crippen MR) is 102 cm³/mol. The third kappa shape index (κ3) is 4.49. The van der Waals surface area contributed by atoms with E-state index in [4.69, 9.17) is 0 Å². The van der Waals surface area contributed by atoms with Crippen molar-refractivity contribution in [3.63, 3.8) is 0 Å². The molecule has 0 saturated carbocycles. The maximum absolute atomic E-state index is 12.5. The van der Waals surface area contributed by atoms with Crippen LogP contribution in [0.15, 0.2) is 51.1 Å². The summed E-state index contributed by atoms with van der Waals surface area (Å²) in [5.74, 6) is -0.00518. The summed E-state index contributed by atoms with van der Waals surface area (Å²) in [5.41, 5.74) is 0. The van der Waals surface area contributed by atoms with Gasteiger partial charge >= 0.3 is 0 Å². The molecule has 1 saturated heterocycles. The van der Waals surface area contributed by atoms with Gasteiger partial charge in [-0.3, -0.25) is 4.79 Å². The molecule has 1 N–H and O–H groups in total. The van der Waals surface area contributed by atoms with Gasteiger partial charge in [0, 0.05) is 28.9 Å². The second-order valence-electron chi connectivity index (χ2n) is 5.86. The Morgan fingerprint density at radius 3 is 2.72 bits per heavy atom. The third-order valence-corrected chi connectivity index (χ3v) is 7.18. The topological polar surface area (TPSA) is 66.5 Å². The second-order valence-corrected chi connectivity index (χ2v) is 9.52. The average molecular weight is 443 g/mol. The van der Waals surface area contributed by atoms with E-state index in [9.17, 15) is 13.2 Å². The van der Waals surface area contributed by atoms with Gasteiger partial charge in [0.25, 0.3) is 0 Å². The van der Waals surface area contributed by atoms with E-state index in [2.05, 4.69) is 26.7 Å². The van der Waals surface area contributed by atoms with Crippen LogP contribution in [0, 0.1) is 0 Å². The number of amides is 1. The lowest BCUT2D eigenvalue weighted by Gasteiger charge is -2.24. The first-order valence-corrected chi connectivity index (χ1v) is 11.2. The molecular weight excluding hydrogens is 424 g/mol. The number of nitrogens with zero attached hydrogens (tertiary/aromatic N) is 1. The van der Waals surface area contributed by atoms with Crippen LogP contribution < -0.4 is 4.72 Å². The van der Waals surface area contributed by atoms with Crippen LogP contribution in [0.3, 0.4) is 0 Å². The Balaban J connectivity index is 1.56. The van der Waals surface area contributed by atoms with E-state index in [0.29, 0.717) is 0 Å². The molecular formula is C17H19BrN2O3S2. The zero-order valence-corrected chi connectivity index (χ0v) is 16.7. The minimum Gasteiger partial charge on any atom is -0.335 e. The molecule has 1 aliphatic heterocycles. The lowest BCUT2D eigenvalue weighted by atomic mass is 10.2. The normalized spacial score (nSPS) is 17.8. The molecule has 1 aromatic carbocycles. The second kappa shape index (κ2) is 7.99. The average Bonchev–Trinajstić information content (AvgIpc) is 3.26. The van der Waals surface area contributed by atoms with Crippen LogP contribution in [0.25, 0.3) is 0 Å². The van der Waals surface area contributed by atoms with Crippen LogP contribution in [-0.4, -0.2) is 32.3 Å². The maximum Gasteiger partial charge on any atom is 0.240 e. The van der Waals surface area contributed by atoms with Crippen LogP contribution in [0.4, 0.5) is 0 Å². The SMILES string of the molecule is O=C(CCNS(=O)(=O)c1ccc(Br)cc1)N1CCCC1c1cccs1. The van der Waals surface area contributed by atoms with Crippen molar-refractivity contribution >= 4 is 43.2 Å². The first kappa shape index (κ1) is 18.6. The van der Waals surface area contributed by atoms with Gasteiger partial charge in [-0.1, -0.05) is 22.0 Å². The third-order valence-electron chi connectivity index (χ3n) is 4.20. The van der Waals surface area contributed by atoms with Gasteiger partial charge in [-0.15, -0.1) is 11.3 Å². The number of nitrogens with one attached hydrogen (secondary N) is 1. The highest BCUT2D eigenvalue weighted by molar-refractivity contribution is 9.10. The molecule has 0 spiro atoms. The summed E-state index contributed by atoms with van der Waals surface area (Å²) in [4.78, 5) is 15.8. The smallest absolute Gasteiger partial charge is 0.240 e. The molecule has 1 atom stereocenters. The molecule has 5 nitrogen and oxygen atoms in total. The Morgan fingerprint density at radius 1 is 1.28 bits per heavy atom. The Labute approximate surface area is 160 Å². The van der Waals surface area contributed by atoms with Crippen molar-refractivity contribution in [2.75, 3.05) is 13.1 Å². The van der Waals surface area contributed by atoms with Gasteiger partial charge in [0.1, 0.15) is 0 Å². The number of sulfonamides is 1. The van der Waals surface area contributed by atoms with Crippen molar-refractivity contribution in [1.29, 1.82) is 0 Å². The molecule has 3 rings (SSSR count). The van der Waals surface area contributed by atoms with E-state index in [-0.39, 0.29) is 29.8 Å². The van der Waals surface area contributed by atoms with Gasteiger partial charge in [-0.05, 0) is 48.6 Å². The number of hydrogen-bond acceptors (Lipinski definition) is 4. The summed E-state index contributed by atoms with van der Waals surface area (Å²) in [5, 5.41) is 2.02. The predicted octanol–water partition coefficient (Wildman–Crippen LogP) is 3.54. The number of rotatable bonds is 6. The molecule has 25 heavy (non-hydrogen) atoms. The number of thiophene rings is 1. The number of benzene rings is 1. The van der Waals surface area contributed by atoms with E-state index in [1.54, 1.807) is 23.5 Å². The summed E-state index contributed by atoms with van der Waals surface area (Å²) in [6.45, 7) is 0.839. The van der Waals surface area contributed by atoms with Crippen molar-refractivity contribution in [2.24, 2.45) is 0 Å². The molecule has 1 aromatic heterocycles. The van der Waals surface area contributed by atoms with E-state index < -0.39 is 10.0 Å². The first-order chi connectivity index (χ1) is 12.0. The summed E-state index contributed by atoms with van der Waals surface area (Å²) in [7, 11) is -3.59. The van der Waals surface area contributed by atoms with Gasteiger partial charge in [0.2, 0.25) is 15.9 Å². The maximum atomic E-state index is 12.5. The molecule has 134 valence electrons. The summed E-state index contributed by atoms with van der Waals surface area (Å²) < 4.78 is 27.8. The van der Waals surface area contributed by atoms with E-state index in [0.717, 1.165) is 23.9 Å². The van der Waals surface area contributed by atoms with Gasteiger partial charge < -0.3 is 4.90 Å². The van der Waals surface area contributed by atoms with Gasteiger partial charge in [0.15, 0.2) is 0 Å². The fourth-order valence-electron chi connectivity index (χ4n) is 2.97. The lowest BCUT2D eigenvalue weighted by Crippen LogP contribution is -2.34. The molecule has 1 amide bonds. The Bertz CT molecular complexity index is 820. The van der Waals surface area contributed by atoms with Crippen LogP contribution in [0.2, 0.25) is 0 Å². The molecule has 1 fully saturated rings. The molecule has 0 aliphatic carbocycles. The summed E-state index contributed by atoms with van der Waals surface area (Å²) in [6, 6.07) is 10.6. The fraction of sp³-hybridized carbons (Fsp3) is 0.353. The zero-order valence-electron chi connectivity index (χ0n) is 13.5. The van der Waals surface area contributed by atoms with Crippen molar-refractivity contribution in [2.45, 2.75) is 30.2 Å². The largest absolute Gasteiger partial charge is 0.335 e. The van der Waals surface area contributed by atoms with E-state index >= 15 is 0 Å². The number of carbonyl (C=O) groups is 1. The Hall–Kier alpha value is -1.22. The Kier molecular flexibility index (Phi) is 5.93. The molecule has 2 heterocycles. The number of likely N-dealkylation sites (tertiary alicyclic amines) is 1. The molecule has 0 bridgehead atoms. The van der Waals surface area contributed by atoms with Gasteiger partial charge in [0.05, 0.1) is 10.9 Å². The number of hydrogen-bond donors (Lipinski definition) is 1. The highest BCUT2D eigenvalue weighted by Gasteiger charge is 2.30. The van der Waals surface area contributed by atoms with E-state index in [1.807, 2.05) is 16.3 Å². The minimum atomic E-state index is -3.59. The van der Waals surface area contributed by atoms with Gasteiger partial charge in [-0.25, -0.2) is 13.1 Å². The van der Waals surface area contributed by atoms with Crippen LogP contribution >= 0.6 is 27.3 Å². The minimum absolute atomic E-state index is 0.00518. The van der Waals surface area contributed by atoms with Gasteiger partial charge in [-0.2, -0.15) is 0 Å². The highest BCUT2D eigenvalue weighted by Crippen LogP contribution is 2.34. The van der Waals surface area contributed by atoms with Crippen molar-refractivity contribution < 1.29 is 13.2 Å². The van der Waals surface area contributed by atoms with Crippen molar-refractivity contribution in [3.05, 3.63) is 51.1 Å². The summed E-state index contributed by atoms with van der Waals surface area (Å²) in [6.07, 6.45) is 2.12. The fourth-order valence-corrected chi connectivity index (χ4v) is 5.14. The molecule has 1 unspecified atom stereocenters.